The van der Waals surface area contributed by atoms with Crippen molar-refractivity contribution in [2.75, 3.05) is 0 Å². The topological polar surface area (TPSA) is 12.0 Å². The van der Waals surface area contributed by atoms with E-state index >= 15 is 0 Å². The van der Waals surface area contributed by atoms with E-state index in [0.29, 0.717) is 0 Å². The van der Waals surface area contributed by atoms with Gasteiger partial charge in [-0.1, -0.05) is 6.42 Å². The molecule has 1 aromatic rings. The van der Waals surface area contributed by atoms with Crippen molar-refractivity contribution in [2.45, 2.75) is 57.5 Å². The Balaban J connectivity index is 1.38. The van der Waals surface area contributed by atoms with E-state index in [0.717, 1.165) is 24.4 Å². The number of hydrogen-bond acceptors (Lipinski definition) is 2. The molecule has 2 saturated carbocycles. The standard InChI is InChI=1S/C15H21NS/c1-2-12-8-13(17-15(12)3-1)9-16-14-7-10-4-5-11(14)6-10/h8,10-11,14,16H,1-7,9H2. The summed E-state index contributed by atoms with van der Waals surface area (Å²) in [6.07, 6.45) is 10.0. The fraction of sp³-hybridized carbons (Fsp3) is 0.733. The molecule has 2 heteroatoms. The Bertz CT molecular complexity index is 401. The van der Waals surface area contributed by atoms with Crippen LogP contribution in [0, 0.1) is 11.8 Å². The van der Waals surface area contributed by atoms with Crippen LogP contribution in [0.3, 0.4) is 0 Å². The first-order chi connectivity index (χ1) is 8.38. The van der Waals surface area contributed by atoms with E-state index in [1.54, 1.807) is 15.3 Å². The summed E-state index contributed by atoms with van der Waals surface area (Å²) in [6, 6.07) is 3.30. The lowest BCUT2D eigenvalue weighted by atomic mass is 9.95. The third kappa shape index (κ3) is 1.86. The number of aryl methyl sites for hydroxylation is 2. The Kier molecular flexibility index (Phi) is 2.55. The van der Waals surface area contributed by atoms with E-state index < -0.39 is 0 Å². The minimum Gasteiger partial charge on any atom is -0.309 e. The van der Waals surface area contributed by atoms with Crippen LogP contribution < -0.4 is 5.32 Å². The third-order valence-corrected chi connectivity index (χ3v) is 6.31. The molecule has 17 heavy (non-hydrogen) atoms. The van der Waals surface area contributed by atoms with Gasteiger partial charge in [-0.05, 0) is 62.0 Å². The average molecular weight is 247 g/mol. The second-order valence-corrected chi connectivity index (χ2v) is 7.40. The van der Waals surface area contributed by atoms with Gasteiger partial charge in [0.25, 0.3) is 0 Å². The number of fused-ring (bicyclic) bond motifs is 3. The average Bonchev–Trinajstić information content (AvgIpc) is 3.05. The third-order valence-electron chi connectivity index (χ3n) is 5.07. The molecule has 3 unspecified atom stereocenters. The zero-order chi connectivity index (χ0) is 11.2. The van der Waals surface area contributed by atoms with Gasteiger partial charge in [0.2, 0.25) is 0 Å². The van der Waals surface area contributed by atoms with Crippen LogP contribution in [0.5, 0.6) is 0 Å². The molecule has 1 heterocycles. The van der Waals surface area contributed by atoms with Gasteiger partial charge in [0, 0.05) is 22.3 Å². The van der Waals surface area contributed by atoms with Crippen LogP contribution in [0.15, 0.2) is 6.07 Å². The van der Waals surface area contributed by atoms with Crippen molar-refractivity contribution < 1.29 is 0 Å². The zero-order valence-corrected chi connectivity index (χ0v) is 11.2. The Morgan fingerprint density at radius 3 is 3.00 bits per heavy atom. The molecule has 92 valence electrons. The Labute approximate surface area is 108 Å². The van der Waals surface area contributed by atoms with Gasteiger partial charge >= 0.3 is 0 Å². The van der Waals surface area contributed by atoms with Crippen molar-refractivity contribution >= 4 is 11.3 Å². The predicted octanol–water partition coefficient (Wildman–Crippen LogP) is 3.52. The van der Waals surface area contributed by atoms with Gasteiger partial charge in [-0.3, -0.25) is 0 Å². The van der Waals surface area contributed by atoms with Crippen LogP contribution in [-0.4, -0.2) is 6.04 Å². The molecule has 0 aromatic carbocycles. The molecule has 3 atom stereocenters. The lowest BCUT2D eigenvalue weighted by Gasteiger charge is -2.22. The normalized spacial score (nSPS) is 34.5. The predicted molar refractivity (Wildman–Crippen MR) is 72.4 cm³/mol. The Hall–Kier alpha value is -0.340. The molecule has 0 saturated heterocycles. The second-order valence-electron chi connectivity index (χ2n) is 6.18. The van der Waals surface area contributed by atoms with Crippen LogP contribution in [-0.2, 0) is 19.4 Å². The fourth-order valence-corrected chi connectivity index (χ4v) is 5.42. The molecule has 0 amide bonds. The molecule has 2 bridgehead atoms. The van der Waals surface area contributed by atoms with Crippen molar-refractivity contribution in [3.63, 3.8) is 0 Å². The molecule has 4 rings (SSSR count). The van der Waals surface area contributed by atoms with Crippen molar-refractivity contribution in [1.82, 2.24) is 5.32 Å². The minimum absolute atomic E-state index is 0.839. The highest BCUT2D eigenvalue weighted by Crippen LogP contribution is 2.44. The van der Waals surface area contributed by atoms with E-state index in [2.05, 4.69) is 22.7 Å². The van der Waals surface area contributed by atoms with Crippen LogP contribution in [0.4, 0.5) is 0 Å². The van der Waals surface area contributed by atoms with E-state index in [1.165, 1.54) is 44.9 Å². The largest absolute Gasteiger partial charge is 0.309 e. The maximum atomic E-state index is 3.83. The summed E-state index contributed by atoms with van der Waals surface area (Å²) >= 11 is 2.06. The van der Waals surface area contributed by atoms with Gasteiger partial charge in [0.05, 0.1) is 0 Å². The van der Waals surface area contributed by atoms with Crippen molar-refractivity contribution in [1.29, 1.82) is 0 Å². The molecule has 3 aliphatic carbocycles. The monoisotopic (exact) mass is 247 g/mol. The number of hydrogen-bond donors (Lipinski definition) is 1. The summed E-state index contributed by atoms with van der Waals surface area (Å²) in [5.74, 6) is 2.07. The van der Waals surface area contributed by atoms with Gasteiger partial charge in [-0.25, -0.2) is 0 Å². The highest BCUT2D eigenvalue weighted by atomic mass is 32.1. The summed E-state index contributed by atoms with van der Waals surface area (Å²) < 4.78 is 0. The van der Waals surface area contributed by atoms with Gasteiger partial charge < -0.3 is 5.32 Å². The number of thiophene rings is 1. The van der Waals surface area contributed by atoms with E-state index in [4.69, 9.17) is 0 Å². The summed E-state index contributed by atoms with van der Waals surface area (Å²) in [5, 5.41) is 3.83. The maximum Gasteiger partial charge on any atom is 0.0302 e. The highest BCUT2D eigenvalue weighted by Gasteiger charge is 2.39. The molecule has 1 N–H and O–H groups in total. The molecule has 1 nitrogen and oxygen atoms in total. The van der Waals surface area contributed by atoms with Crippen LogP contribution in [0.1, 0.15) is 47.4 Å². The maximum absolute atomic E-state index is 3.83. The van der Waals surface area contributed by atoms with Crippen molar-refractivity contribution in [3.05, 3.63) is 21.4 Å². The van der Waals surface area contributed by atoms with Crippen molar-refractivity contribution in [3.8, 4) is 0 Å². The molecule has 2 fully saturated rings. The summed E-state index contributed by atoms with van der Waals surface area (Å²) in [5.41, 5.74) is 1.65. The highest BCUT2D eigenvalue weighted by molar-refractivity contribution is 7.12. The van der Waals surface area contributed by atoms with E-state index in [1.807, 2.05) is 0 Å². The minimum atomic E-state index is 0.839. The summed E-state index contributed by atoms with van der Waals surface area (Å²) in [7, 11) is 0. The van der Waals surface area contributed by atoms with Crippen LogP contribution in [0.25, 0.3) is 0 Å². The summed E-state index contributed by atoms with van der Waals surface area (Å²) in [6.45, 7) is 1.13. The molecule has 0 radical (unpaired) electrons. The SMILES string of the molecule is c1c(CNC2CC3CCC2C3)sc2c1CCC2. The van der Waals surface area contributed by atoms with Gasteiger partial charge in [0.15, 0.2) is 0 Å². The van der Waals surface area contributed by atoms with Gasteiger partial charge in [0.1, 0.15) is 0 Å². The van der Waals surface area contributed by atoms with Gasteiger partial charge in [-0.15, -0.1) is 11.3 Å². The zero-order valence-electron chi connectivity index (χ0n) is 10.4. The van der Waals surface area contributed by atoms with Gasteiger partial charge in [-0.2, -0.15) is 0 Å². The first-order valence-electron chi connectivity index (χ1n) is 7.22. The molecular weight excluding hydrogens is 226 g/mol. The fourth-order valence-electron chi connectivity index (χ4n) is 4.20. The first kappa shape index (κ1) is 10.6. The quantitative estimate of drug-likeness (QED) is 0.862. The molecule has 0 aliphatic heterocycles. The Morgan fingerprint density at radius 2 is 2.24 bits per heavy atom. The summed E-state index contributed by atoms with van der Waals surface area (Å²) in [4.78, 5) is 3.26. The second kappa shape index (κ2) is 4.10. The molecular formula is C15H21NS. The van der Waals surface area contributed by atoms with Crippen LogP contribution in [0.2, 0.25) is 0 Å². The number of rotatable bonds is 3. The lowest BCUT2D eigenvalue weighted by Crippen LogP contribution is -2.33. The smallest absolute Gasteiger partial charge is 0.0302 e. The molecule has 1 aromatic heterocycles. The number of nitrogens with one attached hydrogen (secondary N) is 1. The van der Waals surface area contributed by atoms with Crippen LogP contribution >= 0.6 is 11.3 Å². The Morgan fingerprint density at radius 1 is 1.24 bits per heavy atom. The molecule has 0 spiro atoms. The first-order valence-corrected chi connectivity index (χ1v) is 8.04. The molecule has 3 aliphatic rings. The lowest BCUT2D eigenvalue weighted by molar-refractivity contribution is 0.351. The van der Waals surface area contributed by atoms with E-state index in [-0.39, 0.29) is 0 Å². The van der Waals surface area contributed by atoms with E-state index in [9.17, 15) is 0 Å². The van der Waals surface area contributed by atoms with Crippen molar-refractivity contribution in [2.24, 2.45) is 11.8 Å².